The van der Waals surface area contributed by atoms with Gasteiger partial charge in [0.05, 0.1) is 17.5 Å². The van der Waals surface area contributed by atoms with E-state index in [1.54, 1.807) is 47.4 Å². The number of alkyl halides is 3. The van der Waals surface area contributed by atoms with Gasteiger partial charge >= 0.3 is 11.9 Å². The number of aromatic amines is 2. The van der Waals surface area contributed by atoms with E-state index in [1.165, 1.54) is 12.4 Å². The SMILES string of the molecule is FC(F)(F)COc1cncc2ccccc12.O=c1[nH]cc(-c2cc(C3CC3)c3nccn3n2)c(=O)[nH]1. The van der Waals surface area contributed by atoms with E-state index in [-0.39, 0.29) is 5.75 Å². The van der Waals surface area contributed by atoms with Crippen molar-refractivity contribution in [3.63, 3.8) is 0 Å². The molecule has 0 amide bonds. The molecular weight excluding hydrogens is 477 g/mol. The average molecular weight is 496 g/mol. The maximum absolute atomic E-state index is 12.0. The van der Waals surface area contributed by atoms with Crippen molar-refractivity contribution in [2.45, 2.75) is 24.9 Å². The van der Waals surface area contributed by atoms with Crippen LogP contribution in [0.1, 0.15) is 24.3 Å². The summed E-state index contributed by atoms with van der Waals surface area (Å²) in [7, 11) is 0. The second-order valence-corrected chi connectivity index (χ2v) is 8.20. The summed E-state index contributed by atoms with van der Waals surface area (Å²) >= 11 is 0. The maximum atomic E-state index is 12.0. The van der Waals surface area contributed by atoms with Crippen molar-refractivity contribution >= 4 is 16.4 Å². The normalized spacial score (nSPS) is 13.4. The summed E-state index contributed by atoms with van der Waals surface area (Å²) in [6, 6.07) is 8.88. The lowest BCUT2D eigenvalue weighted by Gasteiger charge is -2.10. The van der Waals surface area contributed by atoms with Gasteiger partial charge in [-0.3, -0.25) is 14.8 Å². The van der Waals surface area contributed by atoms with Crippen LogP contribution >= 0.6 is 0 Å². The van der Waals surface area contributed by atoms with Crippen LogP contribution in [-0.2, 0) is 0 Å². The molecule has 1 aliphatic carbocycles. The summed E-state index contributed by atoms with van der Waals surface area (Å²) < 4.78 is 42.4. The molecule has 5 aromatic rings. The highest BCUT2D eigenvalue weighted by Crippen LogP contribution is 2.42. The minimum atomic E-state index is -4.34. The molecule has 1 fully saturated rings. The van der Waals surface area contributed by atoms with E-state index in [0.29, 0.717) is 22.6 Å². The molecule has 4 heterocycles. The van der Waals surface area contributed by atoms with E-state index in [9.17, 15) is 22.8 Å². The Bertz CT molecular complexity index is 1650. The monoisotopic (exact) mass is 496 g/mol. The minimum absolute atomic E-state index is 0.149. The molecule has 0 radical (unpaired) electrons. The molecule has 0 bridgehead atoms. The minimum Gasteiger partial charge on any atom is -0.482 e. The van der Waals surface area contributed by atoms with Gasteiger partial charge in [0.1, 0.15) is 5.75 Å². The fraction of sp³-hybridized carbons (Fsp3) is 0.208. The Morgan fingerprint density at radius 3 is 2.69 bits per heavy atom. The predicted octanol–water partition coefficient (Wildman–Crippen LogP) is 3.83. The zero-order valence-electron chi connectivity index (χ0n) is 18.6. The molecule has 9 nitrogen and oxygen atoms in total. The number of hydrogen-bond donors (Lipinski definition) is 2. The van der Waals surface area contributed by atoms with Crippen molar-refractivity contribution in [1.82, 2.24) is 29.5 Å². The Kier molecular flexibility index (Phi) is 6.00. The van der Waals surface area contributed by atoms with Gasteiger partial charge in [-0.1, -0.05) is 24.3 Å². The van der Waals surface area contributed by atoms with E-state index in [2.05, 4.69) is 25.0 Å². The van der Waals surface area contributed by atoms with Crippen LogP contribution in [0.15, 0.2) is 70.9 Å². The summed E-state index contributed by atoms with van der Waals surface area (Å²) in [4.78, 5) is 35.8. The second-order valence-electron chi connectivity index (χ2n) is 8.20. The van der Waals surface area contributed by atoms with Crippen molar-refractivity contribution in [2.24, 2.45) is 0 Å². The largest absolute Gasteiger partial charge is 0.482 e. The molecule has 1 saturated carbocycles. The van der Waals surface area contributed by atoms with Crippen LogP contribution in [0.4, 0.5) is 13.2 Å². The summed E-state index contributed by atoms with van der Waals surface area (Å²) in [6.45, 7) is -1.30. The van der Waals surface area contributed by atoms with Crippen LogP contribution in [-0.4, -0.2) is 42.3 Å². The molecule has 1 aromatic carbocycles. The number of aromatic nitrogens is 6. The maximum Gasteiger partial charge on any atom is 0.422 e. The number of fused-ring (bicyclic) bond motifs is 2. The van der Waals surface area contributed by atoms with Gasteiger partial charge in [-0.25, -0.2) is 14.3 Å². The number of hydrogen-bond acceptors (Lipinski definition) is 6. The summed E-state index contributed by atoms with van der Waals surface area (Å²) in [6.07, 6.45) is 5.63. The molecular formula is C24H19F3N6O3. The quantitative estimate of drug-likeness (QED) is 0.391. The highest BCUT2D eigenvalue weighted by Gasteiger charge is 2.29. The Morgan fingerprint density at radius 2 is 1.94 bits per heavy atom. The van der Waals surface area contributed by atoms with Gasteiger partial charge in [0.25, 0.3) is 5.56 Å². The van der Waals surface area contributed by atoms with Gasteiger partial charge in [-0.05, 0) is 24.8 Å². The van der Waals surface area contributed by atoms with Crippen LogP contribution in [0.25, 0.3) is 27.7 Å². The predicted molar refractivity (Wildman–Crippen MR) is 125 cm³/mol. The Labute approximate surface area is 200 Å². The standard InChI is InChI=1S/C13H11N5O2.C11H8F3NO/c19-12-9(6-15-13(20)16-12)10-5-8(7-1-2-7)11-14-3-4-18(11)17-10;12-11(13,14)7-16-10-6-15-5-8-3-1-2-4-9(8)10/h3-7H,1-2H2,(H2,15,16,19,20);1-6H,7H2. The summed E-state index contributed by atoms with van der Waals surface area (Å²) in [5, 5.41) is 5.76. The molecule has 0 saturated heterocycles. The molecule has 12 heteroatoms. The topological polar surface area (TPSA) is 118 Å². The Hall–Kier alpha value is -4.48. The van der Waals surface area contributed by atoms with Crippen LogP contribution < -0.4 is 16.0 Å². The second kappa shape index (κ2) is 9.29. The Morgan fingerprint density at radius 1 is 1.14 bits per heavy atom. The fourth-order valence-electron chi connectivity index (χ4n) is 3.73. The van der Waals surface area contributed by atoms with Crippen LogP contribution in [0.2, 0.25) is 0 Å². The fourth-order valence-corrected chi connectivity index (χ4v) is 3.73. The number of benzene rings is 1. The molecule has 0 aliphatic heterocycles. The first kappa shape index (κ1) is 23.3. The molecule has 0 atom stereocenters. The lowest BCUT2D eigenvalue weighted by Crippen LogP contribution is -2.23. The smallest absolute Gasteiger partial charge is 0.422 e. The van der Waals surface area contributed by atoms with Gasteiger partial charge < -0.3 is 9.72 Å². The van der Waals surface area contributed by atoms with Crippen LogP contribution in [0.5, 0.6) is 5.75 Å². The summed E-state index contributed by atoms with van der Waals surface area (Å²) in [5.74, 6) is 0.638. The highest BCUT2D eigenvalue weighted by molar-refractivity contribution is 5.87. The number of H-pyrrole nitrogens is 2. The average Bonchev–Trinajstić information content (AvgIpc) is 3.58. The number of rotatable bonds is 4. The van der Waals surface area contributed by atoms with E-state index >= 15 is 0 Å². The molecule has 0 unspecified atom stereocenters. The third-order valence-corrected chi connectivity index (χ3v) is 5.52. The van der Waals surface area contributed by atoms with Gasteiger partial charge in [0.15, 0.2) is 12.3 Å². The first-order chi connectivity index (χ1) is 17.3. The van der Waals surface area contributed by atoms with Crippen LogP contribution in [0, 0.1) is 0 Å². The van der Waals surface area contributed by atoms with Gasteiger partial charge in [-0.15, -0.1) is 0 Å². The number of ether oxygens (including phenoxy) is 1. The third kappa shape index (κ3) is 5.11. The van der Waals surface area contributed by atoms with Crippen molar-refractivity contribution in [3.05, 3.63) is 87.7 Å². The van der Waals surface area contributed by atoms with Crippen LogP contribution in [0.3, 0.4) is 0 Å². The molecule has 2 N–H and O–H groups in total. The van der Waals surface area contributed by atoms with Crippen molar-refractivity contribution in [2.75, 3.05) is 6.61 Å². The molecule has 6 rings (SSSR count). The van der Waals surface area contributed by atoms with Gasteiger partial charge in [0, 0.05) is 41.1 Å². The number of halogens is 3. The van der Waals surface area contributed by atoms with E-state index in [1.807, 2.05) is 6.07 Å². The lowest BCUT2D eigenvalue weighted by atomic mass is 10.1. The van der Waals surface area contributed by atoms with Crippen molar-refractivity contribution in [3.8, 4) is 17.0 Å². The third-order valence-electron chi connectivity index (χ3n) is 5.52. The molecule has 0 spiro atoms. The number of nitrogens with zero attached hydrogens (tertiary/aromatic N) is 4. The highest BCUT2D eigenvalue weighted by atomic mass is 19.4. The van der Waals surface area contributed by atoms with Gasteiger partial charge in [0.2, 0.25) is 0 Å². The van der Waals surface area contributed by atoms with Crippen molar-refractivity contribution < 1.29 is 17.9 Å². The number of pyridine rings is 1. The van der Waals surface area contributed by atoms with E-state index < -0.39 is 24.0 Å². The first-order valence-corrected chi connectivity index (χ1v) is 11.0. The first-order valence-electron chi connectivity index (χ1n) is 11.0. The van der Waals surface area contributed by atoms with Gasteiger partial charge in [-0.2, -0.15) is 18.3 Å². The Balaban J connectivity index is 0.000000152. The van der Waals surface area contributed by atoms with E-state index in [0.717, 1.165) is 29.4 Å². The lowest BCUT2D eigenvalue weighted by molar-refractivity contribution is -0.153. The molecule has 184 valence electrons. The van der Waals surface area contributed by atoms with Crippen molar-refractivity contribution in [1.29, 1.82) is 0 Å². The molecule has 4 aromatic heterocycles. The molecule has 36 heavy (non-hydrogen) atoms. The summed E-state index contributed by atoms with van der Waals surface area (Å²) in [5.41, 5.74) is 1.85. The zero-order chi connectivity index (χ0) is 25.3. The van der Waals surface area contributed by atoms with E-state index in [4.69, 9.17) is 4.74 Å². The number of imidazole rings is 1. The number of nitrogens with one attached hydrogen (secondary N) is 2. The zero-order valence-corrected chi connectivity index (χ0v) is 18.6. The molecule has 1 aliphatic rings.